The maximum absolute atomic E-state index is 7.23. The molecule has 60 heavy (non-hydrogen) atoms. The van der Waals surface area contributed by atoms with Crippen LogP contribution in [0.1, 0.15) is 215 Å². The van der Waals surface area contributed by atoms with Crippen LogP contribution in [0.25, 0.3) is 11.1 Å². The summed E-state index contributed by atoms with van der Waals surface area (Å²) < 4.78 is 0. The molecule has 4 aromatic rings. The van der Waals surface area contributed by atoms with Crippen molar-refractivity contribution in [2.45, 2.75) is 192 Å². The van der Waals surface area contributed by atoms with Gasteiger partial charge in [0.1, 0.15) is 0 Å². The lowest BCUT2D eigenvalue weighted by atomic mass is 9.54. The van der Waals surface area contributed by atoms with E-state index in [-0.39, 0.29) is 33.7 Å². The van der Waals surface area contributed by atoms with Gasteiger partial charge >= 0.3 is 0 Å². The summed E-state index contributed by atoms with van der Waals surface area (Å²) in [5, 5.41) is 7.67. The Morgan fingerprint density at radius 3 is 1.53 bits per heavy atom. The van der Waals surface area contributed by atoms with E-state index >= 15 is 0 Å². The van der Waals surface area contributed by atoms with E-state index in [0.717, 1.165) is 70.9 Å². The minimum atomic E-state index is -0.0397. The average molecular weight is 809 g/mol. The summed E-state index contributed by atoms with van der Waals surface area (Å²) in [6.07, 6.45) is 13.5. The summed E-state index contributed by atoms with van der Waals surface area (Å²) in [4.78, 5) is 0. The van der Waals surface area contributed by atoms with Gasteiger partial charge in [0.05, 0.1) is 0 Å². The van der Waals surface area contributed by atoms with E-state index in [1.807, 2.05) is 0 Å². The molecule has 2 saturated carbocycles. The molecule has 0 radical (unpaired) electrons. The number of anilines is 2. The fourth-order valence-corrected chi connectivity index (χ4v) is 12.0. The molecule has 2 fully saturated rings. The first-order valence-electron chi connectivity index (χ1n) is 24.2. The third-order valence-corrected chi connectivity index (χ3v) is 15.1. The van der Waals surface area contributed by atoms with E-state index in [4.69, 9.17) is 11.5 Å². The molecular weight excluding hydrogens is 729 g/mol. The van der Waals surface area contributed by atoms with E-state index in [2.05, 4.69) is 153 Å². The lowest BCUT2D eigenvalue weighted by Gasteiger charge is -2.49. The Kier molecular flexibility index (Phi) is 13.1. The molecule has 6 atom stereocenters. The molecule has 324 valence electrons. The first-order valence-corrected chi connectivity index (χ1v) is 24.2. The number of nitrogens with two attached hydrogens (primary N) is 2. The topological polar surface area (TPSA) is 76.1 Å². The third kappa shape index (κ3) is 8.22. The van der Waals surface area contributed by atoms with Crippen molar-refractivity contribution in [2.75, 3.05) is 23.7 Å². The second-order valence-corrected chi connectivity index (χ2v) is 21.4. The van der Waals surface area contributed by atoms with E-state index in [1.165, 1.54) is 75.1 Å². The zero-order valence-corrected chi connectivity index (χ0v) is 39.3. The molecule has 4 nitrogen and oxygen atoms in total. The third-order valence-electron chi connectivity index (χ3n) is 15.1. The van der Waals surface area contributed by atoms with Crippen LogP contribution >= 0.6 is 0 Å². The van der Waals surface area contributed by atoms with Crippen molar-refractivity contribution in [3.8, 4) is 11.1 Å². The molecule has 0 aliphatic heterocycles. The predicted molar refractivity (Wildman–Crippen MR) is 260 cm³/mol. The minimum absolute atomic E-state index is 0.00727. The fraction of sp³-hybridized carbons (Fsp3) is 0.571. The Morgan fingerprint density at radius 1 is 0.567 bits per heavy atom. The van der Waals surface area contributed by atoms with E-state index < -0.39 is 0 Å². The molecule has 0 saturated heterocycles. The molecule has 4 heteroatoms. The normalized spacial score (nSPS) is 23.1. The lowest BCUT2D eigenvalue weighted by Crippen LogP contribution is -2.44. The Hall–Kier alpha value is -3.60. The van der Waals surface area contributed by atoms with Crippen LogP contribution in [0.15, 0.2) is 72.8 Å². The molecule has 4 aromatic carbocycles. The van der Waals surface area contributed by atoms with Gasteiger partial charge in [0.15, 0.2) is 0 Å². The SMILES string of the molecule is CCCCNc1ccc(C2CC34CC(c5ccc(C(N)CCC)cc5)CC3(C2)c2cc(C(C)(C)C)c(C(N)CCC)cc2-c2cc(NCCCC)c(C(C)(C)C)cc24)cc1. The van der Waals surface area contributed by atoms with Gasteiger partial charge in [0.2, 0.25) is 0 Å². The maximum atomic E-state index is 7.23. The van der Waals surface area contributed by atoms with Gasteiger partial charge in [0.25, 0.3) is 0 Å². The Labute approximate surface area is 365 Å². The van der Waals surface area contributed by atoms with Crippen molar-refractivity contribution < 1.29 is 0 Å². The van der Waals surface area contributed by atoms with Crippen LogP contribution < -0.4 is 22.1 Å². The largest absolute Gasteiger partial charge is 0.385 e. The van der Waals surface area contributed by atoms with Crippen LogP contribution in [-0.2, 0) is 21.7 Å². The molecule has 0 aromatic heterocycles. The first-order chi connectivity index (χ1) is 28.6. The van der Waals surface area contributed by atoms with Crippen molar-refractivity contribution >= 4 is 11.4 Å². The van der Waals surface area contributed by atoms with E-state index in [9.17, 15) is 0 Å². The summed E-state index contributed by atoms with van der Waals surface area (Å²) in [5.41, 5.74) is 30.8. The second kappa shape index (κ2) is 17.6. The van der Waals surface area contributed by atoms with Gasteiger partial charge in [-0.1, -0.05) is 143 Å². The van der Waals surface area contributed by atoms with Gasteiger partial charge in [-0.25, -0.2) is 0 Å². The smallest absolute Gasteiger partial charge is 0.0384 e. The predicted octanol–water partition coefficient (Wildman–Crippen LogP) is 14.6. The molecule has 0 amide bonds. The van der Waals surface area contributed by atoms with Crippen molar-refractivity contribution in [3.63, 3.8) is 0 Å². The molecule has 0 bridgehead atoms. The Balaban J connectivity index is 1.49. The highest BCUT2D eigenvalue weighted by Crippen LogP contribution is 2.75. The summed E-state index contributed by atoms with van der Waals surface area (Å²) in [6.45, 7) is 25.5. The fourth-order valence-electron chi connectivity index (χ4n) is 12.0. The van der Waals surface area contributed by atoms with Crippen LogP contribution in [0, 0.1) is 0 Å². The monoisotopic (exact) mass is 809 g/mol. The zero-order valence-electron chi connectivity index (χ0n) is 39.3. The Morgan fingerprint density at radius 2 is 1.03 bits per heavy atom. The van der Waals surface area contributed by atoms with Gasteiger partial charge in [-0.15, -0.1) is 0 Å². The molecular formula is C56H80N4. The zero-order chi connectivity index (χ0) is 43.0. The highest BCUT2D eigenvalue weighted by Gasteiger charge is 2.67. The standard InChI is InChI=1S/C56H80N4/c1-11-15-27-59-42-25-23-38(24-26-42)41-35-55-33-40(37-19-21-39(22-20-37)50(57)17-13-3)34-56(55,36-41)48-32-49(54(8,9)10)52(60-28-16-12-2)30-44(48)43-29-45(51(58)18-14-4)46(31-47(43)55)53(5,6)7/h19-26,29-32,40-41,50-51,59-60H,11-18,27-28,33-36,57-58H2,1-10H3. The summed E-state index contributed by atoms with van der Waals surface area (Å²) in [6, 6.07) is 29.9. The summed E-state index contributed by atoms with van der Waals surface area (Å²) in [7, 11) is 0. The van der Waals surface area contributed by atoms with E-state index in [1.54, 1.807) is 11.1 Å². The van der Waals surface area contributed by atoms with Crippen molar-refractivity contribution in [1.82, 2.24) is 0 Å². The van der Waals surface area contributed by atoms with Gasteiger partial charge in [-0.05, 0) is 154 Å². The van der Waals surface area contributed by atoms with Crippen molar-refractivity contribution in [2.24, 2.45) is 11.5 Å². The van der Waals surface area contributed by atoms with Crippen LogP contribution in [0.5, 0.6) is 0 Å². The molecule has 0 spiro atoms. The van der Waals surface area contributed by atoms with Gasteiger partial charge in [0, 0.05) is 47.4 Å². The van der Waals surface area contributed by atoms with Crippen molar-refractivity contribution in [1.29, 1.82) is 0 Å². The summed E-state index contributed by atoms with van der Waals surface area (Å²) >= 11 is 0. The molecule has 3 aliphatic rings. The number of unbranched alkanes of at least 4 members (excludes halogenated alkanes) is 2. The molecule has 6 unspecified atom stereocenters. The highest BCUT2D eigenvalue weighted by molar-refractivity contribution is 5.84. The molecule has 0 heterocycles. The number of benzene rings is 4. The number of hydrogen-bond donors (Lipinski definition) is 4. The van der Waals surface area contributed by atoms with Crippen LogP contribution in [-0.4, -0.2) is 13.1 Å². The number of rotatable bonds is 16. The number of fused-ring (bicyclic) bond motifs is 3. The average Bonchev–Trinajstić information content (AvgIpc) is 3.73. The Bertz CT molecular complexity index is 2080. The van der Waals surface area contributed by atoms with Gasteiger partial charge < -0.3 is 22.1 Å². The first kappa shape index (κ1) is 44.5. The molecule has 7 rings (SSSR count). The van der Waals surface area contributed by atoms with Gasteiger partial charge in [-0.2, -0.15) is 0 Å². The van der Waals surface area contributed by atoms with Crippen LogP contribution in [0.3, 0.4) is 0 Å². The number of nitrogens with one attached hydrogen (secondary N) is 2. The van der Waals surface area contributed by atoms with Crippen LogP contribution in [0.2, 0.25) is 0 Å². The van der Waals surface area contributed by atoms with Crippen LogP contribution in [0.4, 0.5) is 11.4 Å². The maximum Gasteiger partial charge on any atom is 0.0384 e. The molecule has 6 N–H and O–H groups in total. The second-order valence-electron chi connectivity index (χ2n) is 21.4. The van der Waals surface area contributed by atoms with Gasteiger partial charge in [-0.3, -0.25) is 0 Å². The highest BCUT2D eigenvalue weighted by atomic mass is 14.9. The van der Waals surface area contributed by atoms with E-state index in [0.29, 0.717) is 11.8 Å². The molecule has 3 aliphatic carbocycles. The lowest BCUT2D eigenvalue weighted by molar-refractivity contribution is 0.298. The number of hydrogen-bond acceptors (Lipinski definition) is 4. The quantitative estimate of drug-likeness (QED) is 0.0851. The van der Waals surface area contributed by atoms with Crippen molar-refractivity contribution in [3.05, 3.63) is 117 Å². The minimum Gasteiger partial charge on any atom is -0.385 e. The summed E-state index contributed by atoms with van der Waals surface area (Å²) in [5.74, 6) is 0.913.